The zero-order valence-electron chi connectivity index (χ0n) is 14.0. The van der Waals surface area contributed by atoms with E-state index in [0.29, 0.717) is 32.5 Å². The van der Waals surface area contributed by atoms with Gasteiger partial charge in [-0.15, -0.1) is 0 Å². The molecule has 0 spiro atoms. The number of hydrogen-bond donors (Lipinski definition) is 2. The summed E-state index contributed by atoms with van der Waals surface area (Å²) >= 11 is 0. The highest BCUT2D eigenvalue weighted by molar-refractivity contribution is 5.78. The molecule has 0 aliphatic carbocycles. The number of primary amides is 1. The van der Waals surface area contributed by atoms with E-state index in [1.54, 1.807) is 11.1 Å². The Morgan fingerprint density at radius 3 is 2.44 bits per heavy atom. The summed E-state index contributed by atoms with van der Waals surface area (Å²) < 4.78 is 0. The number of nitrogens with two attached hydrogens (primary N) is 1. The van der Waals surface area contributed by atoms with E-state index in [9.17, 15) is 9.59 Å². The average molecular weight is 338 g/mol. The van der Waals surface area contributed by atoms with Crippen LogP contribution in [-0.2, 0) is 11.3 Å². The van der Waals surface area contributed by atoms with Crippen LogP contribution in [-0.4, -0.2) is 34.9 Å². The fourth-order valence-corrected chi connectivity index (χ4v) is 3.01. The van der Waals surface area contributed by atoms with E-state index in [1.165, 1.54) is 0 Å². The molecule has 1 saturated heterocycles. The Morgan fingerprint density at radius 2 is 1.84 bits per heavy atom. The largest absolute Gasteiger partial charge is 0.369 e. The fourth-order valence-electron chi connectivity index (χ4n) is 3.01. The predicted molar refractivity (Wildman–Crippen MR) is 95.4 cm³/mol. The van der Waals surface area contributed by atoms with Crippen LogP contribution in [0.2, 0.25) is 0 Å². The van der Waals surface area contributed by atoms with Crippen molar-refractivity contribution in [1.29, 1.82) is 0 Å². The quantitative estimate of drug-likeness (QED) is 0.895. The minimum Gasteiger partial charge on any atom is -0.369 e. The Kier molecular flexibility index (Phi) is 5.28. The number of pyridine rings is 1. The number of nitrogens with zero attached hydrogens (tertiary/aromatic N) is 2. The molecule has 0 unspecified atom stereocenters. The van der Waals surface area contributed by atoms with Crippen molar-refractivity contribution in [1.82, 2.24) is 15.2 Å². The number of urea groups is 1. The lowest BCUT2D eigenvalue weighted by atomic mass is 9.96. The Hall–Kier alpha value is -2.89. The first-order chi connectivity index (χ1) is 12.1. The molecule has 1 aliphatic heterocycles. The van der Waals surface area contributed by atoms with Gasteiger partial charge in [0.1, 0.15) is 0 Å². The summed E-state index contributed by atoms with van der Waals surface area (Å²) in [5.41, 5.74) is 8.51. The number of rotatable bonds is 4. The molecule has 0 bridgehead atoms. The zero-order chi connectivity index (χ0) is 17.6. The van der Waals surface area contributed by atoms with Crippen molar-refractivity contribution in [2.75, 3.05) is 13.1 Å². The second kappa shape index (κ2) is 7.79. The maximum atomic E-state index is 12.2. The van der Waals surface area contributed by atoms with Crippen LogP contribution in [0.4, 0.5) is 4.79 Å². The molecular formula is C19H22N4O2. The van der Waals surface area contributed by atoms with Crippen LogP contribution in [0, 0.1) is 5.92 Å². The van der Waals surface area contributed by atoms with Crippen LogP contribution < -0.4 is 11.1 Å². The number of benzene rings is 1. The van der Waals surface area contributed by atoms with Gasteiger partial charge in [-0.3, -0.25) is 9.78 Å². The molecule has 1 aromatic heterocycles. The molecule has 0 saturated carbocycles. The summed E-state index contributed by atoms with van der Waals surface area (Å²) in [4.78, 5) is 29.3. The monoisotopic (exact) mass is 338 g/mol. The van der Waals surface area contributed by atoms with Crippen molar-refractivity contribution in [3.05, 3.63) is 54.4 Å². The SMILES string of the molecule is NC(=O)C1CCN(C(=O)NCc2ccc(-c3cccnc3)cc2)CC1. The highest BCUT2D eigenvalue weighted by atomic mass is 16.2. The van der Waals surface area contributed by atoms with Crippen molar-refractivity contribution in [2.45, 2.75) is 19.4 Å². The molecule has 6 nitrogen and oxygen atoms in total. The minimum absolute atomic E-state index is 0.0979. The van der Waals surface area contributed by atoms with E-state index < -0.39 is 0 Å². The van der Waals surface area contributed by atoms with Crippen molar-refractivity contribution in [2.24, 2.45) is 11.7 Å². The van der Waals surface area contributed by atoms with Gasteiger partial charge in [0.15, 0.2) is 0 Å². The molecule has 25 heavy (non-hydrogen) atoms. The third kappa shape index (κ3) is 4.35. The van der Waals surface area contributed by atoms with Gasteiger partial charge in [-0.05, 0) is 35.6 Å². The number of carbonyl (C=O) groups is 2. The normalized spacial score (nSPS) is 15.0. The molecule has 1 aliphatic rings. The van der Waals surface area contributed by atoms with Gasteiger partial charge in [0.2, 0.25) is 5.91 Å². The van der Waals surface area contributed by atoms with Crippen LogP contribution in [0.5, 0.6) is 0 Å². The van der Waals surface area contributed by atoms with Crippen LogP contribution in [0.15, 0.2) is 48.8 Å². The highest BCUT2D eigenvalue weighted by Crippen LogP contribution is 2.19. The topological polar surface area (TPSA) is 88.3 Å². The summed E-state index contributed by atoms with van der Waals surface area (Å²) in [5, 5.41) is 2.93. The molecule has 130 valence electrons. The van der Waals surface area contributed by atoms with Gasteiger partial charge in [0.25, 0.3) is 0 Å². The van der Waals surface area contributed by atoms with Crippen molar-refractivity contribution < 1.29 is 9.59 Å². The lowest BCUT2D eigenvalue weighted by molar-refractivity contribution is -0.123. The fraction of sp³-hybridized carbons (Fsp3) is 0.316. The van der Waals surface area contributed by atoms with Crippen LogP contribution >= 0.6 is 0 Å². The average Bonchev–Trinajstić information content (AvgIpc) is 2.67. The molecule has 2 heterocycles. The molecule has 0 atom stereocenters. The number of likely N-dealkylation sites (tertiary alicyclic amines) is 1. The summed E-state index contributed by atoms with van der Waals surface area (Å²) in [6.07, 6.45) is 4.86. The van der Waals surface area contributed by atoms with E-state index in [-0.39, 0.29) is 17.9 Å². The Balaban J connectivity index is 1.50. The molecular weight excluding hydrogens is 316 g/mol. The van der Waals surface area contributed by atoms with Gasteiger partial charge in [-0.1, -0.05) is 30.3 Å². The standard InChI is InChI=1S/C19H22N4O2/c20-18(24)16-7-10-23(11-8-16)19(25)22-12-14-3-5-15(6-4-14)17-2-1-9-21-13-17/h1-6,9,13,16H,7-8,10-12H2,(H2,20,24)(H,22,25). The van der Waals surface area contributed by atoms with Crippen molar-refractivity contribution in [3.63, 3.8) is 0 Å². The van der Waals surface area contributed by atoms with Gasteiger partial charge in [0.05, 0.1) is 0 Å². The predicted octanol–water partition coefficient (Wildman–Crippen LogP) is 2.16. The molecule has 1 fully saturated rings. The molecule has 3 rings (SSSR count). The first-order valence-corrected chi connectivity index (χ1v) is 8.45. The maximum Gasteiger partial charge on any atom is 0.317 e. The van der Waals surface area contributed by atoms with Crippen LogP contribution in [0.25, 0.3) is 11.1 Å². The van der Waals surface area contributed by atoms with Crippen molar-refractivity contribution >= 4 is 11.9 Å². The summed E-state index contributed by atoms with van der Waals surface area (Å²) in [6, 6.07) is 11.9. The molecule has 3 amide bonds. The first-order valence-electron chi connectivity index (χ1n) is 8.45. The zero-order valence-corrected chi connectivity index (χ0v) is 14.0. The lowest BCUT2D eigenvalue weighted by Gasteiger charge is -2.30. The second-order valence-electron chi connectivity index (χ2n) is 6.26. The number of aromatic nitrogens is 1. The number of carbonyl (C=O) groups excluding carboxylic acids is 2. The van der Waals surface area contributed by atoms with Gasteiger partial charge < -0.3 is 16.0 Å². The third-order valence-electron chi connectivity index (χ3n) is 4.58. The molecule has 1 aromatic carbocycles. The molecule has 3 N–H and O–H groups in total. The Bertz CT molecular complexity index is 723. The molecule has 2 aromatic rings. The van der Waals surface area contributed by atoms with E-state index in [4.69, 9.17) is 5.73 Å². The third-order valence-corrected chi connectivity index (χ3v) is 4.58. The van der Waals surface area contributed by atoms with Crippen molar-refractivity contribution in [3.8, 4) is 11.1 Å². The second-order valence-corrected chi connectivity index (χ2v) is 6.26. The maximum absolute atomic E-state index is 12.2. The van der Waals surface area contributed by atoms with E-state index in [1.807, 2.05) is 42.6 Å². The van der Waals surface area contributed by atoms with Crippen LogP contribution in [0.1, 0.15) is 18.4 Å². The molecule has 6 heteroatoms. The summed E-state index contributed by atoms with van der Waals surface area (Å²) in [5.74, 6) is -0.377. The minimum atomic E-state index is -0.270. The van der Waals surface area contributed by atoms with Gasteiger partial charge in [0, 0.05) is 37.9 Å². The number of hydrogen-bond acceptors (Lipinski definition) is 3. The van der Waals surface area contributed by atoms with E-state index >= 15 is 0 Å². The Labute approximate surface area is 147 Å². The number of amides is 3. The van der Waals surface area contributed by atoms with Gasteiger partial charge in [-0.2, -0.15) is 0 Å². The number of nitrogens with one attached hydrogen (secondary N) is 1. The van der Waals surface area contributed by atoms with E-state index in [0.717, 1.165) is 16.7 Å². The summed E-state index contributed by atoms with van der Waals surface area (Å²) in [7, 11) is 0. The smallest absolute Gasteiger partial charge is 0.317 e. The van der Waals surface area contributed by atoms with E-state index in [2.05, 4.69) is 10.3 Å². The van der Waals surface area contributed by atoms with Gasteiger partial charge in [-0.25, -0.2) is 4.79 Å². The number of piperidine rings is 1. The summed E-state index contributed by atoms with van der Waals surface area (Å²) in [6.45, 7) is 1.61. The first kappa shape index (κ1) is 17.0. The van der Waals surface area contributed by atoms with Crippen LogP contribution in [0.3, 0.4) is 0 Å². The highest BCUT2D eigenvalue weighted by Gasteiger charge is 2.25. The lowest BCUT2D eigenvalue weighted by Crippen LogP contribution is -2.46. The van der Waals surface area contributed by atoms with Gasteiger partial charge >= 0.3 is 6.03 Å². The Morgan fingerprint density at radius 1 is 1.12 bits per heavy atom. The molecule has 0 radical (unpaired) electrons.